The van der Waals surface area contributed by atoms with Crippen molar-refractivity contribution in [2.24, 2.45) is 0 Å². The molecule has 2 unspecified atom stereocenters. The molecule has 4 heterocycles. The highest BCUT2D eigenvalue weighted by molar-refractivity contribution is 6.33. The molecule has 9 nitrogen and oxygen atoms in total. The minimum Gasteiger partial charge on any atom is -0.379 e. The van der Waals surface area contributed by atoms with Gasteiger partial charge in [-0.1, -0.05) is 23.7 Å². The Bertz CT molecular complexity index is 1440. The Hall–Kier alpha value is -3.40. The summed E-state index contributed by atoms with van der Waals surface area (Å²) in [7, 11) is 0. The van der Waals surface area contributed by atoms with Crippen LogP contribution in [0.4, 0.5) is 5.95 Å². The van der Waals surface area contributed by atoms with E-state index in [4.69, 9.17) is 11.6 Å². The molecule has 2 atom stereocenters. The van der Waals surface area contributed by atoms with Crippen molar-refractivity contribution < 1.29 is 5.11 Å². The number of fused-ring (bicyclic) bond motifs is 1. The number of aliphatic hydroxyl groups excluding tert-OH is 1. The smallest absolute Gasteiger partial charge is 0.260 e. The normalized spacial score (nSPS) is 17.9. The van der Waals surface area contributed by atoms with E-state index in [9.17, 15) is 9.90 Å². The second-order valence-electron chi connectivity index (χ2n) is 8.32. The standard InChI is InChI=1S/C24H24ClN7O2/c1-3-32-22-15(10-28-24(31-22)30-16-8-21(33)27-11-16)6-18(23(32)34)17-5-4-14(7-19(17)25)20-12-26-9-13(2)29-20/h4-7,9-10,12,16,21,27,33H,3,8,11H2,1-2H3,(H,28,30,31). The third-order valence-corrected chi connectivity index (χ3v) is 6.21. The van der Waals surface area contributed by atoms with Crippen LogP contribution in [0.3, 0.4) is 0 Å². The molecule has 10 heteroatoms. The van der Waals surface area contributed by atoms with Gasteiger partial charge in [-0.05, 0) is 26.0 Å². The van der Waals surface area contributed by atoms with Gasteiger partial charge in [-0.15, -0.1) is 0 Å². The van der Waals surface area contributed by atoms with Gasteiger partial charge < -0.3 is 10.4 Å². The van der Waals surface area contributed by atoms with Gasteiger partial charge >= 0.3 is 0 Å². The lowest BCUT2D eigenvalue weighted by atomic mass is 10.0. The van der Waals surface area contributed by atoms with Crippen molar-refractivity contribution in [1.29, 1.82) is 0 Å². The number of halogens is 1. The van der Waals surface area contributed by atoms with Crippen molar-refractivity contribution >= 4 is 28.6 Å². The third-order valence-electron chi connectivity index (χ3n) is 5.89. The maximum atomic E-state index is 13.4. The molecule has 0 radical (unpaired) electrons. The number of pyridine rings is 1. The van der Waals surface area contributed by atoms with Crippen molar-refractivity contribution in [1.82, 2.24) is 29.8 Å². The van der Waals surface area contributed by atoms with Gasteiger partial charge in [-0.3, -0.25) is 19.7 Å². The number of hydrogen-bond acceptors (Lipinski definition) is 8. The van der Waals surface area contributed by atoms with Gasteiger partial charge in [0.1, 0.15) is 11.9 Å². The Morgan fingerprint density at radius 1 is 1.21 bits per heavy atom. The summed E-state index contributed by atoms with van der Waals surface area (Å²) in [5, 5.41) is 17.0. The summed E-state index contributed by atoms with van der Waals surface area (Å²) in [5.74, 6) is 0.421. The highest BCUT2D eigenvalue weighted by Crippen LogP contribution is 2.31. The fourth-order valence-electron chi connectivity index (χ4n) is 4.22. The van der Waals surface area contributed by atoms with Crippen molar-refractivity contribution in [3.8, 4) is 22.4 Å². The number of aryl methyl sites for hydroxylation is 2. The van der Waals surface area contributed by atoms with Crippen LogP contribution in [0, 0.1) is 6.92 Å². The molecule has 1 aliphatic rings. The molecule has 1 aromatic carbocycles. The molecule has 5 rings (SSSR count). The molecule has 0 saturated carbocycles. The number of anilines is 1. The Balaban J connectivity index is 1.54. The molecule has 0 bridgehead atoms. The molecule has 174 valence electrons. The van der Waals surface area contributed by atoms with Gasteiger partial charge in [-0.25, -0.2) is 9.97 Å². The predicted octanol–water partition coefficient (Wildman–Crippen LogP) is 2.99. The second-order valence-corrected chi connectivity index (χ2v) is 8.73. The Labute approximate surface area is 200 Å². The van der Waals surface area contributed by atoms with E-state index in [0.717, 1.165) is 22.3 Å². The minimum absolute atomic E-state index is 0.0175. The summed E-state index contributed by atoms with van der Waals surface area (Å²) in [4.78, 5) is 31.1. The van der Waals surface area contributed by atoms with Gasteiger partial charge in [0.05, 0.1) is 17.6 Å². The first-order valence-corrected chi connectivity index (χ1v) is 11.5. The van der Waals surface area contributed by atoms with Crippen LogP contribution in [0.5, 0.6) is 0 Å². The summed E-state index contributed by atoms with van der Waals surface area (Å²) in [6.07, 6.45) is 5.10. The average molecular weight is 478 g/mol. The van der Waals surface area contributed by atoms with E-state index in [1.54, 1.807) is 35.3 Å². The first-order valence-electron chi connectivity index (χ1n) is 11.1. The number of hydrogen-bond donors (Lipinski definition) is 3. The highest BCUT2D eigenvalue weighted by atomic mass is 35.5. The van der Waals surface area contributed by atoms with Crippen LogP contribution in [0.1, 0.15) is 19.0 Å². The van der Waals surface area contributed by atoms with Crippen LogP contribution in [0.15, 0.2) is 47.7 Å². The molecule has 0 spiro atoms. The lowest BCUT2D eigenvalue weighted by Gasteiger charge is -2.15. The number of aliphatic hydroxyl groups is 1. The summed E-state index contributed by atoms with van der Waals surface area (Å²) in [6.45, 7) is 4.84. The maximum absolute atomic E-state index is 13.4. The van der Waals surface area contributed by atoms with Crippen LogP contribution >= 0.6 is 11.6 Å². The molecule has 3 N–H and O–H groups in total. The zero-order valence-corrected chi connectivity index (χ0v) is 19.5. The molecule has 3 aromatic heterocycles. The van der Waals surface area contributed by atoms with Gasteiger partial charge in [0, 0.05) is 65.0 Å². The first-order chi connectivity index (χ1) is 16.4. The number of aromatic nitrogens is 5. The number of nitrogens with one attached hydrogen (secondary N) is 2. The Morgan fingerprint density at radius 3 is 2.76 bits per heavy atom. The number of rotatable bonds is 5. The van der Waals surface area contributed by atoms with Gasteiger partial charge in [0.15, 0.2) is 0 Å². The molecule has 4 aromatic rings. The van der Waals surface area contributed by atoms with E-state index in [1.165, 1.54) is 0 Å². The minimum atomic E-state index is -0.538. The summed E-state index contributed by atoms with van der Waals surface area (Å²) in [5.41, 5.74) is 3.84. The third kappa shape index (κ3) is 4.25. The topological polar surface area (TPSA) is 118 Å². The predicted molar refractivity (Wildman–Crippen MR) is 132 cm³/mol. The van der Waals surface area contributed by atoms with E-state index in [1.807, 2.05) is 26.0 Å². The fourth-order valence-corrected chi connectivity index (χ4v) is 4.50. The van der Waals surface area contributed by atoms with Crippen LogP contribution in [0.25, 0.3) is 33.4 Å². The van der Waals surface area contributed by atoms with E-state index in [2.05, 4.69) is 30.6 Å². The quantitative estimate of drug-likeness (QED) is 0.401. The Morgan fingerprint density at radius 2 is 2.06 bits per heavy atom. The zero-order valence-electron chi connectivity index (χ0n) is 18.8. The van der Waals surface area contributed by atoms with E-state index in [-0.39, 0.29) is 11.6 Å². The fraction of sp³-hybridized carbons (Fsp3) is 0.292. The molecule has 0 aliphatic carbocycles. The van der Waals surface area contributed by atoms with E-state index < -0.39 is 6.23 Å². The molecule has 1 saturated heterocycles. The maximum Gasteiger partial charge on any atom is 0.260 e. The number of nitrogens with zero attached hydrogens (tertiary/aromatic N) is 5. The lowest BCUT2D eigenvalue weighted by Crippen LogP contribution is -2.25. The van der Waals surface area contributed by atoms with Gasteiger partial charge in [0.25, 0.3) is 5.56 Å². The summed E-state index contributed by atoms with van der Waals surface area (Å²) in [6, 6.07) is 7.32. The van der Waals surface area contributed by atoms with Gasteiger partial charge in [-0.2, -0.15) is 4.98 Å². The molecule has 1 fully saturated rings. The average Bonchev–Trinajstić information content (AvgIpc) is 3.23. The van der Waals surface area contributed by atoms with Crippen molar-refractivity contribution in [3.63, 3.8) is 0 Å². The number of benzene rings is 1. The van der Waals surface area contributed by atoms with Crippen LogP contribution in [-0.2, 0) is 6.54 Å². The second kappa shape index (κ2) is 9.09. The molecule has 0 amide bonds. The van der Waals surface area contributed by atoms with Crippen molar-refractivity contribution in [2.75, 3.05) is 11.9 Å². The van der Waals surface area contributed by atoms with Gasteiger partial charge in [0.2, 0.25) is 5.95 Å². The molecular weight excluding hydrogens is 454 g/mol. The SMILES string of the molecule is CCn1c(=O)c(-c2ccc(-c3cncc(C)n3)cc2Cl)cc2cnc(NC3CNC(O)C3)nc21. The van der Waals surface area contributed by atoms with Crippen LogP contribution < -0.4 is 16.2 Å². The largest absolute Gasteiger partial charge is 0.379 e. The van der Waals surface area contributed by atoms with Crippen molar-refractivity contribution in [2.45, 2.75) is 39.1 Å². The molecule has 1 aliphatic heterocycles. The first kappa shape index (κ1) is 22.4. The molecule has 34 heavy (non-hydrogen) atoms. The van der Waals surface area contributed by atoms with E-state index >= 15 is 0 Å². The molecular formula is C24H24ClN7O2. The van der Waals surface area contributed by atoms with Crippen molar-refractivity contribution in [3.05, 3.63) is 63.9 Å². The lowest BCUT2D eigenvalue weighted by molar-refractivity contribution is 0.160. The van der Waals surface area contributed by atoms with Crippen LogP contribution in [-0.4, -0.2) is 48.4 Å². The zero-order chi connectivity index (χ0) is 23.8. The van der Waals surface area contributed by atoms with E-state index in [0.29, 0.717) is 47.3 Å². The van der Waals surface area contributed by atoms with Crippen LogP contribution in [0.2, 0.25) is 5.02 Å². The summed E-state index contributed by atoms with van der Waals surface area (Å²) < 4.78 is 1.62. The monoisotopic (exact) mass is 477 g/mol. The summed E-state index contributed by atoms with van der Waals surface area (Å²) >= 11 is 6.64. The Kier molecular flexibility index (Phi) is 5.99. The highest BCUT2D eigenvalue weighted by Gasteiger charge is 2.23.